The molecule has 0 N–H and O–H groups in total. The van der Waals surface area contributed by atoms with Crippen molar-refractivity contribution in [2.75, 3.05) is 6.54 Å². The summed E-state index contributed by atoms with van der Waals surface area (Å²) >= 11 is 0. The van der Waals surface area contributed by atoms with Gasteiger partial charge in [-0.2, -0.15) is 0 Å². The van der Waals surface area contributed by atoms with Crippen molar-refractivity contribution in [1.82, 2.24) is 9.80 Å². The first-order chi connectivity index (χ1) is 6.52. The Labute approximate surface area is 83.9 Å². The minimum absolute atomic E-state index is 0.0345. The van der Waals surface area contributed by atoms with Gasteiger partial charge in [0.2, 0.25) is 11.8 Å². The molecule has 2 atom stereocenters. The van der Waals surface area contributed by atoms with E-state index in [0.717, 1.165) is 13.0 Å². The number of hydrogen-bond donors (Lipinski definition) is 0. The number of rotatable bonds is 1. The zero-order valence-electron chi connectivity index (χ0n) is 8.86. The number of carbonyl (C=O) groups is 2. The van der Waals surface area contributed by atoms with Crippen LogP contribution in [0.4, 0.5) is 0 Å². The van der Waals surface area contributed by atoms with Gasteiger partial charge in [-0.15, -0.1) is 0 Å². The second-order valence-electron chi connectivity index (χ2n) is 4.44. The first kappa shape index (κ1) is 9.49. The van der Waals surface area contributed by atoms with Crippen LogP contribution in [0.15, 0.2) is 0 Å². The topological polar surface area (TPSA) is 40.6 Å². The Bertz CT molecular complexity index is 288. The Morgan fingerprint density at radius 1 is 1.36 bits per heavy atom. The molecule has 2 amide bonds. The molecule has 0 spiro atoms. The molecular weight excluding hydrogens is 180 g/mol. The van der Waals surface area contributed by atoms with Crippen molar-refractivity contribution in [3.8, 4) is 0 Å². The molecule has 0 aromatic rings. The Kier molecular flexibility index (Phi) is 2.01. The van der Waals surface area contributed by atoms with E-state index in [1.807, 2.05) is 18.7 Å². The van der Waals surface area contributed by atoms with Gasteiger partial charge in [0.25, 0.3) is 0 Å². The zero-order chi connectivity index (χ0) is 10.5. The van der Waals surface area contributed by atoms with Crippen LogP contribution >= 0.6 is 0 Å². The molecule has 4 heteroatoms. The monoisotopic (exact) mass is 196 g/mol. The van der Waals surface area contributed by atoms with Gasteiger partial charge in [0.05, 0.1) is 6.04 Å². The predicted molar refractivity (Wildman–Crippen MR) is 51.3 cm³/mol. The largest absolute Gasteiger partial charge is 0.320 e. The van der Waals surface area contributed by atoms with Crippen molar-refractivity contribution < 1.29 is 9.59 Å². The number of hydrogen-bond acceptors (Lipinski definition) is 2. The summed E-state index contributed by atoms with van der Waals surface area (Å²) in [4.78, 5) is 26.6. The van der Waals surface area contributed by atoms with Crippen molar-refractivity contribution in [3.05, 3.63) is 0 Å². The maximum atomic E-state index is 11.7. The van der Waals surface area contributed by atoms with Gasteiger partial charge in [0, 0.05) is 25.8 Å². The van der Waals surface area contributed by atoms with E-state index in [2.05, 4.69) is 0 Å². The lowest BCUT2D eigenvalue weighted by Gasteiger charge is -2.41. The highest BCUT2D eigenvalue weighted by atomic mass is 16.2. The smallest absolute Gasteiger partial charge is 0.227 e. The molecule has 2 bridgehead atoms. The fraction of sp³-hybridized carbons (Fsp3) is 0.800. The van der Waals surface area contributed by atoms with Gasteiger partial charge in [0.15, 0.2) is 0 Å². The standard InChI is InChI=1S/C10H16N2O2/c1-6(2)10(14)12-8-4-9(12)11(5-8)7(3)13/h6,8-9H,4-5H2,1-3H3. The van der Waals surface area contributed by atoms with Crippen molar-refractivity contribution in [1.29, 1.82) is 0 Å². The average molecular weight is 196 g/mol. The fourth-order valence-corrected chi connectivity index (χ4v) is 2.33. The number of fused-ring (bicyclic) bond motifs is 1. The SMILES string of the molecule is CC(=O)N1CC2CC1N2C(=O)C(C)C. The van der Waals surface area contributed by atoms with E-state index in [0.29, 0.717) is 6.04 Å². The van der Waals surface area contributed by atoms with E-state index < -0.39 is 0 Å². The highest BCUT2D eigenvalue weighted by Crippen LogP contribution is 2.37. The molecular formula is C10H16N2O2. The van der Waals surface area contributed by atoms with Crippen LogP contribution in [0.25, 0.3) is 0 Å². The quantitative estimate of drug-likeness (QED) is 0.610. The molecule has 4 nitrogen and oxygen atoms in total. The lowest BCUT2D eigenvalue weighted by Crippen LogP contribution is -2.56. The van der Waals surface area contributed by atoms with Crippen molar-refractivity contribution in [2.24, 2.45) is 5.92 Å². The molecule has 0 aliphatic carbocycles. The Balaban J connectivity index is 2.07. The van der Waals surface area contributed by atoms with Crippen molar-refractivity contribution >= 4 is 11.8 Å². The third kappa shape index (κ3) is 1.13. The lowest BCUT2D eigenvalue weighted by molar-refractivity contribution is -0.148. The molecule has 3 heterocycles. The van der Waals surface area contributed by atoms with Crippen LogP contribution in [0.1, 0.15) is 27.2 Å². The normalized spacial score (nSPS) is 29.4. The van der Waals surface area contributed by atoms with Crippen LogP contribution in [0, 0.1) is 5.92 Å². The highest BCUT2D eigenvalue weighted by molar-refractivity contribution is 5.82. The van der Waals surface area contributed by atoms with Gasteiger partial charge in [-0.3, -0.25) is 9.59 Å². The lowest BCUT2D eigenvalue weighted by atomic mass is 10.0. The van der Waals surface area contributed by atoms with Gasteiger partial charge >= 0.3 is 0 Å². The van der Waals surface area contributed by atoms with E-state index in [1.54, 1.807) is 11.8 Å². The molecule has 3 rings (SSSR count). The Morgan fingerprint density at radius 3 is 2.43 bits per heavy atom. The summed E-state index contributed by atoms with van der Waals surface area (Å²) in [6.45, 7) is 6.10. The van der Waals surface area contributed by atoms with E-state index in [-0.39, 0.29) is 23.9 Å². The third-order valence-corrected chi connectivity index (χ3v) is 3.12. The fourth-order valence-electron chi connectivity index (χ4n) is 2.33. The zero-order valence-corrected chi connectivity index (χ0v) is 8.86. The second kappa shape index (κ2) is 2.97. The van der Waals surface area contributed by atoms with Crippen LogP contribution in [0.2, 0.25) is 0 Å². The van der Waals surface area contributed by atoms with Gasteiger partial charge in [-0.05, 0) is 0 Å². The van der Waals surface area contributed by atoms with E-state index in [4.69, 9.17) is 0 Å². The van der Waals surface area contributed by atoms with Crippen LogP contribution < -0.4 is 0 Å². The minimum Gasteiger partial charge on any atom is -0.320 e. The maximum Gasteiger partial charge on any atom is 0.227 e. The average Bonchev–Trinajstić information content (AvgIpc) is 2.59. The molecule has 0 radical (unpaired) electrons. The highest BCUT2D eigenvalue weighted by Gasteiger charge is 2.53. The molecule has 0 aromatic carbocycles. The van der Waals surface area contributed by atoms with Gasteiger partial charge in [-0.25, -0.2) is 0 Å². The van der Waals surface area contributed by atoms with Crippen LogP contribution in [-0.4, -0.2) is 40.4 Å². The molecule has 3 aliphatic rings. The van der Waals surface area contributed by atoms with Crippen molar-refractivity contribution in [3.63, 3.8) is 0 Å². The molecule has 3 fully saturated rings. The number of nitrogens with zero attached hydrogens (tertiary/aromatic N) is 2. The summed E-state index contributed by atoms with van der Waals surface area (Å²) in [5.74, 6) is 0.291. The number of amides is 2. The summed E-state index contributed by atoms with van der Waals surface area (Å²) in [5, 5.41) is 0. The summed E-state index contributed by atoms with van der Waals surface area (Å²) in [7, 11) is 0. The van der Waals surface area contributed by atoms with Gasteiger partial charge < -0.3 is 9.80 Å². The Morgan fingerprint density at radius 2 is 2.00 bits per heavy atom. The molecule has 2 unspecified atom stereocenters. The van der Waals surface area contributed by atoms with Gasteiger partial charge in [0.1, 0.15) is 6.17 Å². The summed E-state index contributed by atoms with van der Waals surface area (Å²) in [5.41, 5.74) is 0. The summed E-state index contributed by atoms with van der Waals surface area (Å²) in [6, 6.07) is 0.291. The van der Waals surface area contributed by atoms with E-state index in [1.165, 1.54) is 0 Å². The first-order valence-electron chi connectivity index (χ1n) is 5.11. The third-order valence-electron chi connectivity index (χ3n) is 3.12. The maximum absolute atomic E-state index is 11.7. The number of carbonyl (C=O) groups excluding carboxylic acids is 2. The second-order valence-corrected chi connectivity index (χ2v) is 4.44. The summed E-state index contributed by atoms with van der Waals surface area (Å²) in [6.07, 6.45) is 1.03. The van der Waals surface area contributed by atoms with Crippen LogP contribution in [0.3, 0.4) is 0 Å². The molecule has 14 heavy (non-hydrogen) atoms. The molecule has 0 saturated carbocycles. The van der Waals surface area contributed by atoms with E-state index >= 15 is 0 Å². The predicted octanol–water partition coefficient (Wildman–Crippen LogP) is 0.431. The van der Waals surface area contributed by atoms with Crippen molar-refractivity contribution in [2.45, 2.75) is 39.4 Å². The van der Waals surface area contributed by atoms with E-state index in [9.17, 15) is 9.59 Å². The Hall–Kier alpha value is -1.06. The minimum atomic E-state index is 0.0345. The molecule has 3 aliphatic heterocycles. The van der Waals surface area contributed by atoms with Crippen LogP contribution in [0.5, 0.6) is 0 Å². The molecule has 3 saturated heterocycles. The van der Waals surface area contributed by atoms with Gasteiger partial charge in [-0.1, -0.05) is 13.8 Å². The summed E-state index contributed by atoms with van der Waals surface area (Å²) < 4.78 is 0. The van der Waals surface area contributed by atoms with Crippen LogP contribution in [-0.2, 0) is 9.59 Å². The molecule has 78 valence electrons. The first-order valence-corrected chi connectivity index (χ1v) is 5.11. The molecule has 0 aromatic heterocycles.